The maximum Gasteiger partial charge on any atom is 0.279 e. The van der Waals surface area contributed by atoms with E-state index in [1.165, 1.54) is 24.0 Å². The Morgan fingerprint density at radius 3 is 2.39 bits per heavy atom. The number of hydrogen-bond donors (Lipinski definition) is 2. The van der Waals surface area contributed by atoms with Crippen molar-refractivity contribution in [1.29, 1.82) is 0 Å². The summed E-state index contributed by atoms with van der Waals surface area (Å²) in [5.41, 5.74) is 1.06. The van der Waals surface area contributed by atoms with Gasteiger partial charge >= 0.3 is 0 Å². The van der Waals surface area contributed by atoms with Crippen molar-refractivity contribution in [3.05, 3.63) is 51.1 Å². The number of aromatic carboxylic acids is 1. The molecule has 0 unspecified atom stereocenters. The van der Waals surface area contributed by atoms with E-state index in [-0.39, 0.29) is 32.5 Å². The number of carbonyl (C=O) groups is 4. The lowest BCUT2D eigenvalue weighted by atomic mass is 9.94. The zero-order valence-corrected chi connectivity index (χ0v) is 19.2. The lowest BCUT2D eigenvalue weighted by Gasteiger charge is -2.29. The number of rotatable bonds is 6. The highest BCUT2D eigenvalue weighted by Gasteiger charge is 2.42. The van der Waals surface area contributed by atoms with Crippen LogP contribution in [0.15, 0.2) is 35.0 Å². The van der Waals surface area contributed by atoms with Gasteiger partial charge in [-0.3, -0.25) is 24.6 Å². The Morgan fingerprint density at radius 1 is 1.12 bits per heavy atom. The van der Waals surface area contributed by atoms with E-state index in [1.54, 1.807) is 12.1 Å². The van der Waals surface area contributed by atoms with Crippen molar-refractivity contribution in [2.24, 2.45) is 0 Å². The number of benzene rings is 1. The SMILES string of the molecule is Cc1nc(NC(=O)c2ccc(NC3=C(Cl)C(=O)N(C4CCCCC4)C3=O)cc2)sc1C(=O)[O-]. The van der Waals surface area contributed by atoms with E-state index in [4.69, 9.17) is 11.6 Å². The van der Waals surface area contributed by atoms with Gasteiger partial charge in [0, 0.05) is 17.3 Å². The smallest absolute Gasteiger partial charge is 0.279 e. The summed E-state index contributed by atoms with van der Waals surface area (Å²) in [4.78, 5) is 54.2. The second kappa shape index (κ2) is 9.32. The van der Waals surface area contributed by atoms with E-state index in [2.05, 4.69) is 15.6 Å². The Hall–Kier alpha value is -3.24. The lowest BCUT2D eigenvalue weighted by Crippen LogP contribution is -2.42. The molecule has 2 N–H and O–H groups in total. The van der Waals surface area contributed by atoms with Gasteiger partial charge in [0.1, 0.15) is 10.7 Å². The average molecular weight is 488 g/mol. The normalized spacial score (nSPS) is 17.0. The van der Waals surface area contributed by atoms with Crippen molar-refractivity contribution in [2.45, 2.75) is 45.1 Å². The van der Waals surface area contributed by atoms with Crippen LogP contribution in [-0.4, -0.2) is 39.6 Å². The molecule has 1 fully saturated rings. The molecule has 9 nitrogen and oxygen atoms in total. The third kappa shape index (κ3) is 4.62. The van der Waals surface area contributed by atoms with Gasteiger partial charge in [-0.15, -0.1) is 0 Å². The molecule has 172 valence electrons. The molecular weight excluding hydrogens is 468 g/mol. The van der Waals surface area contributed by atoms with Gasteiger partial charge in [0.15, 0.2) is 5.13 Å². The number of halogens is 1. The summed E-state index contributed by atoms with van der Waals surface area (Å²) in [5.74, 6) is -2.76. The number of nitrogens with one attached hydrogen (secondary N) is 2. The van der Waals surface area contributed by atoms with Gasteiger partial charge in [-0.25, -0.2) is 4.98 Å². The minimum Gasteiger partial charge on any atom is -0.544 e. The molecule has 0 bridgehead atoms. The quantitative estimate of drug-likeness (QED) is 0.598. The molecule has 33 heavy (non-hydrogen) atoms. The van der Waals surface area contributed by atoms with Crippen LogP contribution >= 0.6 is 22.9 Å². The summed E-state index contributed by atoms with van der Waals surface area (Å²) in [7, 11) is 0. The van der Waals surface area contributed by atoms with Gasteiger partial charge in [-0.1, -0.05) is 42.2 Å². The summed E-state index contributed by atoms with van der Waals surface area (Å²) in [6.45, 7) is 1.52. The number of carboxylic acids is 1. The van der Waals surface area contributed by atoms with Crippen LogP contribution in [0.25, 0.3) is 0 Å². The number of thiazole rings is 1. The molecule has 1 aliphatic heterocycles. The van der Waals surface area contributed by atoms with Crippen molar-refractivity contribution in [3.63, 3.8) is 0 Å². The van der Waals surface area contributed by atoms with E-state index in [0.717, 1.165) is 43.4 Å². The van der Waals surface area contributed by atoms with E-state index in [9.17, 15) is 24.3 Å². The highest BCUT2D eigenvalue weighted by atomic mass is 35.5. The van der Waals surface area contributed by atoms with Crippen LogP contribution in [-0.2, 0) is 9.59 Å². The molecule has 2 aromatic rings. The van der Waals surface area contributed by atoms with Gasteiger partial charge in [0.2, 0.25) is 0 Å². The Bertz CT molecular complexity index is 1170. The van der Waals surface area contributed by atoms with E-state index < -0.39 is 23.7 Å². The van der Waals surface area contributed by atoms with Crippen LogP contribution in [0.1, 0.15) is 57.8 Å². The zero-order valence-electron chi connectivity index (χ0n) is 17.6. The second-order valence-electron chi connectivity index (χ2n) is 7.84. The molecular formula is C22H20ClN4O5S-. The van der Waals surface area contributed by atoms with Crippen LogP contribution in [0.4, 0.5) is 10.8 Å². The third-order valence-electron chi connectivity index (χ3n) is 5.62. The molecule has 1 aromatic heterocycles. The summed E-state index contributed by atoms with van der Waals surface area (Å²) >= 11 is 7.00. The fourth-order valence-electron chi connectivity index (χ4n) is 3.96. The minimum absolute atomic E-state index is 0.0255. The Labute approximate surface area is 198 Å². The zero-order chi connectivity index (χ0) is 23.7. The summed E-state index contributed by atoms with van der Waals surface area (Å²) < 4.78 is 0. The molecule has 2 heterocycles. The number of nitrogens with zero attached hydrogens (tertiary/aromatic N) is 2. The second-order valence-corrected chi connectivity index (χ2v) is 9.22. The fourth-order valence-corrected chi connectivity index (χ4v) is 4.97. The Kier molecular flexibility index (Phi) is 6.48. The Balaban J connectivity index is 1.43. The first kappa shape index (κ1) is 22.9. The highest BCUT2D eigenvalue weighted by Crippen LogP contribution is 2.32. The van der Waals surface area contributed by atoms with E-state index in [1.807, 2.05) is 0 Å². The van der Waals surface area contributed by atoms with Crippen LogP contribution in [0.3, 0.4) is 0 Å². The molecule has 0 saturated heterocycles. The van der Waals surface area contributed by atoms with Gasteiger partial charge < -0.3 is 15.2 Å². The van der Waals surface area contributed by atoms with Crippen molar-refractivity contribution in [2.75, 3.05) is 10.6 Å². The molecule has 0 spiro atoms. The monoisotopic (exact) mass is 487 g/mol. The largest absolute Gasteiger partial charge is 0.544 e. The van der Waals surface area contributed by atoms with Crippen molar-refractivity contribution < 1.29 is 24.3 Å². The lowest BCUT2D eigenvalue weighted by molar-refractivity contribution is -0.254. The van der Waals surface area contributed by atoms with E-state index >= 15 is 0 Å². The van der Waals surface area contributed by atoms with Gasteiger partial charge in [0.25, 0.3) is 17.7 Å². The van der Waals surface area contributed by atoms with Crippen LogP contribution < -0.4 is 15.7 Å². The first-order chi connectivity index (χ1) is 15.8. The maximum atomic E-state index is 12.9. The molecule has 4 rings (SSSR count). The third-order valence-corrected chi connectivity index (χ3v) is 7.02. The van der Waals surface area contributed by atoms with Gasteiger partial charge in [0.05, 0.1) is 16.5 Å². The molecule has 0 atom stereocenters. The number of aryl methyl sites for hydroxylation is 1. The van der Waals surface area contributed by atoms with Crippen molar-refractivity contribution in [3.8, 4) is 0 Å². The molecule has 0 radical (unpaired) electrons. The number of hydrogen-bond acceptors (Lipinski definition) is 8. The maximum absolute atomic E-state index is 12.9. The molecule has 1 aliphatic carbocycles. The minimum atomic E-state index is -1.35. The summed E-state index contributed by atoms with van der Waals surface area (Å²) in [5, 5.41) is 16.5. The predicted molar refractivity (Wildman–Crippen MR) is 121 cm³/mol. The van der Waals surface area contributed by atoms with Crippen LogP contribution in [0.5, 0.6) is 0 Å². The number of aromatic nitrogens is 1. The number of anilines is 2. The molecule has 3 amide bonds. The van der Waals surface area contributed by atoms with Gasteiger partial charge in [-0.05, 0) is 44.0 Å². The van der Waals surface area contributed by atoms with Crippen molar-refractivity contribution >= 4 is 57.4 Å². The average Bonchev–Trinajstić information content (AvgIpc) is 3.27. The number of imide groups is 1. The topological polar surface area (TPSA) is 132 Å². The Morgan fingerprint density at radius 2 is 1.79 bits per heavy atom. The number of amides is 3. The van der Waals surface area contributed by atoms with Crippen LogP contribution in [0, 0.1) is 6.92 Å². The van der Waals surface area contributed by atoms with Crippen LogP contribution in [0.2, 0.25) is 0 Å². The van der Waals surface area contributed by atoms with Gasteiger partial charge in [-0.2, -0.15) is 0 Å². The summed E-state index contributed by atoms with van der Waals surface area (Å²) in [6.07, 6.45) is 4.60. The van der Waals surface area contributed by atoms with E-state index in [0.29, 0.717) is 11.3 Å². The standard InChI is InChI=1S/C22H21ClN4O5S/c1-11-17(21(31)32)33-22(24-11)26-18(28)12-7-9-13(10-8-12)25-16-15(23)19(29)27(20(16)30)14-5-3-2-4-6-14/h7-10,14,25H,2-6H2,1H3,(H,31,32)(H,24,26,28)/p-1. The summed E-state index contributed by atoms with van der Waals surface area (Å²) in [6, 6.07) is 6.06. The number of carbonyl (C=O) groups excluding carboxylic acids is 4. The molecule has 1 saturated carbocycles. The molecule has 1 aromatic carbocycles. The first-order valence-electron chi connectivity index (χ1n) is 10.4. The molecule has 11 heteroatoms. The predicted octanol–water partition coefficient (Wildman–Crippen LogP) is 2.63. The highest BCUT2D eigenvalue weighted by molar-refractivity contribution is 7.17. The fraction of sp³-hybridized carbons (Fsp3) is 0.318. The first-order valence-corrected chi connectivity index (χ1v) is 11.6. The molecule has 2 aliphatic rings. The van der Waals surface area contributed by atoms with Crippen molar-refractivity contribution in [1.82, 2.24) is 9.88 Å². The number of carboxylic acid groups (broad SMARTS) is 1.